The largest absolute Gasteiger partial charge is 0.449 e. The predicted molar refractivity (Wildman–Crippen MR) is 128 cm³/mol. The number of hydrogen-bond acceptors (Lipinski definition) is 6. The molecule has 2 aromatic rings. The van der Waals surface area contributed by atoms with Gasteiger partial charge in [0.1, 0.15) is 5.69 Å². The van der Waals surface area contributed by atoms with Crippen molar-refractivity contribution < 1.29 is 19.2 Å². The number of benzene rings is 2. The first-order valence-electron chi connectivity index (χ1n) is 10.6. The fraction of sp³-hybridized carbons (Fsp3) is 0.391. The quantitative estimate of drug-likeness (QED) is 0.320. The fourth-order valence-electron chi connectivity index (χ4n) is 4.04. The summed E-state index contributed by atoms with van der Waals surface area (Å²) in [7, 11) is 0. The monoisotopic (exact) mass is 493 g/mol. The summed E-state index contributed by atoms with van der Waals surface area (Å²) in [5.74, 6) is -0.643. The Morgan fingerprint density at radius 3 is 2.48 bits per heavy atom. The standard InChI is InChI=1S/C23H25Cl2N3O5/c1-13-9-14(2)12-27(11-13)19-8-7-16(10-20(19)28(31)32)23(30)33-15(3)22(29)26-18-6-4-5-17(24)21(18)25/h4-8,10,13-15H,9,11-12H2,1-3H3,(H,26,29)/t13-,14-,15-/m0/s1. The van der Waals surface area contributed by atoms with Crippen molar-refractivity contribution in [1.82, 2.24) is 0 Å². The van der Waals surface area contributed by atoms with Gasteiger partial charge in [-0.25, -0.2) is 4.79 Å². The Hall–Kier alpha value is -2.84. The van der Waals surface area contributed by atoms with E-state index in [1.165, 1.54) is 19.1 Å². The van der Waals surface area contributed by atoms with Crippen molar-refractivity contribution in [2.45, 2.75) is 33.3 Å². The Kier molecular flexibility index (Phi) is 7.81. The lowest BCUT2D eigenvalue weighted by Gasteiger charge is -2.36. The second kappa shape index (κ2) is 10.4. The van der Waals surface area contributed by atoms with Gasteiger partial charge in [0.15, 0.2) is 6.10 Å². The maximum atomic E-state index is 12.6. The highest BCUT2D eigenvalue weighted by Crippen LogP contribution is 2.34. The van der Waals surface area contributed by atoms with Crippen LogP contribution in [-0.4, -0.2) is 36.0 Å². The molecule has 2 aromatic carbocycles. The average Bonchev–Trinajstić information content (AvgIpc) is 2.75. The molecular weight excluding hydrogens is 469 g/mol. The lowest BCUT2D eigenvalue weighted by molar-refractivity contribution is -0.384. The van der Waals surface area contributed by atoms with Gasteiger partial charge in [-0.2, -0.15) is 0 Å². The number of hydrogen-bond donors (Lipinski definition) is 1. The Bertz CT molecular complexity index is 1070. The molecule has 0 radical (unpaired) electrons. The van der Waals surface area contributed by atoms with Gasteiger partial charge >= 0.3 is 5.97 Å². The van der Waals surface area contributed by atoms with Crippen LogP contribution in [0, 0.1) is 22.0 Å². The van der Waals surface area contributed by atoms with Crippen molar-refractivity contribution in [3.63, 3.8) is 0 Å². The summed E-state index contributed by atoms with van der Waals surface area (Å²) in [6, 6.07) is 8.99. The molecule has 0 spiro atoms. The normalized spacial score (nSPS) is 19.0. The van der Waals surface area contributed by atoms with E-state index in [0.29, 0.717) is 30.6 Å². The smallest absolute Gasteiger partial charge is 0.339 e. The number of nitrogens with one attached hydrogen (secondary N) is 1. The molecule has 176 valence electrons. The number of carbonyl (C=O) groups is 2. The predicted octanol–water partition coefficient (Wildman–Crippen LogP) is 5.57. The van der Waals surface area contributed by atoms with Crippen molar-refractivity contribution in [3.8, 4) is 0 Å². The SMILES string of the molecule is C[C@H]1C[C@H](C)CN(c2ccc(C(=O)O[C@@H](C)C(=O)Nc3cccc(Cl)c3Cl)cc2[N+](=O)[O-])C1. The van der Waals surface area contributed by atoms with Crippen LogP contribution in [0.25, 0.3) is 0 Å². The van der Waals surface area contributed by atoms with Crippen molar-refractivity contribution in [1.29, 1.82) is 0 Å². The Morgan fingerprint density at radius 1 is 1.18 bits per heavy atom. The van der Waals surface area contributed by atoms with Crippen LogP contribution >= 0.6 is 23.2 Å². The number of nitrogens with zero attached hydrogens (tertiary/aromatic N) is 2. The third-order valence-electron chi connectivity index (χ3n) is 5.48. The molecule has 1 saturated heterocycles. The minimum Gasteiger partial charge on any atom is -0.449 e. The molecule has 0 aliphatic carbocycles. The number of esters is 1. The molecule has 0 bridgehead atoms. The fourth-order valence-corrected chi connectivity index (χ4v) is 4.39. The molecule has 33 heavy (non-hydrogen) atoms. The molecule has 0 unspecified atom stereocenters. The Morgan fingerprint density at radius 2 is 1.85 bits per heavy atom. The zero-order chi connectivity index (χ0) is 24.3. The molecule has 0 saturated carbocycles. The van der Waals surface area contributed by atoms with Gasteiger partial charge in [-0.15, -0.1) is 0 Å². The van der Waals surface area contributed by atoms with E-state index in [1.54, 1.807) is 24.3 Å². The highest BCUT2D eigenvalue weighted by Gasteiger charge is 2.29. The van der Waals surface area contributed by atoms with Gasteiger partial charge in [0.25, 0.3) is 11.6 Å². The molecule has 10 heteroatoms. The first-order chi connectivity index (χ1) is 15.6. The van der Waals surface area contributed by atoms with Crippen LogP contribution in [0.15, 0.2) is 36.4 Å². The average molecular weight is 494 g/mol. The number of piperidine rings is 1. The molecule has 1 fully saturated rings. The van der Waals surface area contributed by atoms with Crippen molar-refractivity contribution in [2.75, 3.05) is 23.3 Å². The summed E-state index contributed by atoms with van der Waals surface area (Å²) in [6.07, 6.45) is -0.107. The van der Waals surface area contributed by atoms with Crippen LogP contribution in [0.2, 0.25) is 10.0 Å². The number of nitro groups is 1. The van der Waals surface area contributed by atoms with Gasteiger partial charge in [-0.1, -0.05) is 43.1 Å². The van der Waals surface area contributed by atoms with E-state index in [-0.39, 0.29) is 27.0 Å². The first-order valence-corrected chi connectivity index (χ1v) is 11.3. The molecule has 1 N–H and O–H groups in total. The highest BCUT2D eigenvalue weighted by molar-refractivity contribution is 6.44. The summed E-state index contributed by atoms with van der Waals surface area (Å²) in [4.78, 5) is 38.3. The van der Waals surface area contributed by atoms with E-state index in [1.807, 2.05) is 4.90 Å². The molecule has 1 amide bonds. The van der Waals surface area contributed by atoms with E-state index in [9.17, 15) is 19.7 Å². The third kappa shape index (κ3) is 5.94. The Balaban J connectivity index is 1.74. The molecule has 1 aliphatic heterocycles. The third-order valence-corrected chi connectivity index (χ3v) is 6.30. The van der Waals surface area contributed by atoms with Crippen molar-refractivity contribution >= 4 is 52.1 Å². The first kappa shape index (κ1) is 24.8. The molecule has 3 atom stereocenters. The number of rotatable bonds is 6. The second-order valence-corrected chi connectivity index (χ2v) is 9.23. The molecule has 0 aromatic heterocycles. The summed E-state index contributed by atoms with van der Waals surface area (Å²) < 4.78 is 5.23. The van der Waals surface area contributed by atoms with Gasteiger partial charge < -0.3 is 15.0 Å². The molecular formula is C23H25Cl2N3O5. The summed E-state index contributed by atoms with van der Waals surface area (Å²) in [5.41, 5.74) is 0.566. The number of anilines is 2. The number of amides is 1. The van der Waals surface area contributed by atoms with E-state index >= 15 is 0 Å². The minimum atomic E-state index is -1.17. The number of carbonyl (C=O) groups excluding carboxylic acids is 2. The van der Waals surface area contributed by atoms with Gasteiger partial charge in [-0.3, -0.25) is 14.9 Å². The van der Waals surface area contributed by atoms with E-state index in [0.717, 1.165) is 6.42 Å². The van der Waals surface area contributed by atoms with Gasteiger partial charge in [0.2, 0.25) is 0 Å². The maximum absolute atomic E-state index is 12.6. The zero-order valence-electron chi connectivity index (χ0n) is 18.5. The van der Waals surface area contributed by atoms with Crippen LogP contribution in [-0.2, 0) is 9.53 Å². The topological polar surface area (TPSA) is 102 Å². The minimum absolute atomic E-state index is 0.0102. The van der Waals surface area contributed by atoms with Crippen molar-refractivity contribution in [2.24, 2.45) is 11.8 Å². The van der Waals surface area contributed by atoms with Crippen LogP contribution in [0.5, 0.6) is 0 Å². The van der Waals surface area contributed by atoms with Gasteiger partial charge in [0, 0.05) is 19.2 Å². The summed E-state index contributed by atoms with van der Waals surface area (Å²) >= 11 is 12.0. The van der Waals surface area contributed by atoms with Crippen LogP contribution in [0.1, 0.15) is 37.6 Å². The van der Waals surface area contributed by atoms with Crippen LogP contribution in [0.4, 0.5) is 17.1 Å². The van der Waals surface area contributed by atoms with Gasteiger partial charge in [-0.05, 0) is 49.4 Å². The zero-order valence-corrected chi connectivity index (χ0v) is 20.0. The molecule has 1 heterocycles. The highest BCUT2D eigenvalue weighted by atomic mass is 35.5. The number of halogens is 2. The van der Waals surface area contributed by atoms with E-state index in [4.69, 9.17) is 27.9 Å². The maximum Gasteiger partial charge on any atom is 0.339 e. The van der Waals surface area contributed by atoms with Crippen LogP contribution < -0.4 is 10.2 Å². The number of nitro benzene ring substituents is 1. The Labute approximate surface area is 202 Å². The lowest BCUT2D eigenvalue weighted by Crippen LogP contribution is -2.39. The molecule has 3 rings (SSSR count). The van der Waals surface area contributed by atoms with E-state index < -0.39 is 22.9 Å². The van der Waals surface area contributed by atoms with Crippen LogP contribution in [0.3, 0.4) is 0 Å². The number of ether oxygens (including phenoxy) is 1. The molecule has 8 nitrogen and oxygen atoms in total. The second-order valence-electron chi connectivity index (χ2n) is 8.45. The summed E-state index contributed by atoms with van der Waals surface area (Å²) in [6.45, 7) is 7.04. The van der Waals surface area contributed by atoms with Gasteiger partial charge in [0.05, 0.1) is 26.2 Å². The summed E-state index contributed by atoms with van der Waals surface area (Å²) in [5, 5.41) is 14.7. The van der Waals surface area contributed by atoms with Crippen molar-refractivity contribution in [3.05, 3.63) is 62.1 Å². The lowest BCUT2D eigenvalue weighted by atomic mass is 9.91. The van der Waals surface area contributed by atoms with E-state index in [2.05, 4.69) is 19.2 Å². The molecule has 1 aliphatic rings.